The lowest BCUT2D eigenvalue weighted by Crippen LogP contribution is -2.02. The SMILES string of the molecule is Cc1ccnc(-c2ccccc2C2=C3C=CC(=N3)C=C3C=CC(=N3)C(c3ccc(N=C=S)cc3)=C3C=CC(=N3)C=C3C=CC2=N3)c1. The molecule has 3 aromatic rings. The molecule has 0 spiro atoms. The Morgan fingerprint density at radius 2 is 1.26 bits per heavy atom. The van der Waals surface area contributed by atoms with Gasteiger partial charge in [0.25, 0.3) is 0 Å². The summed E-state index contributed by atoms with van der Waals surface area (Å²) in [5, 5.41) is 2.43. The van der Waals surface area contributed by atoms with Crippen molar-refractivity contribution in [2.45, 2.75) is 6.92 Å². The molecule has 0 N–H and O–H groups in total. The predicted octanol–water partition coefficient (Wildman–Crippen LogP) is 8.74. The second-order valence-corrected chi connectivity index (χ2v) is 11.3. The highest BCUT2D eigenvalue weighted by Gasteiger charge is 2.23. The molecular formula is C39H24N6S. The Morgan fingerprint density at radius 1 is 0.630 bits per heavy atom. The van der Waals surface area contributed by atoms with Crippen molar-refractivity contribution in [1.29, 1.82) is 0 Å². The maximum atomic E-state index is 5.09. The van der Waals surface area contributed by atoms with Gasteiger partial charge in [-0.1, -0.05) is 36.4 Å². The highest BCUT2D eigenvalue weighted by Crippen LogP contribution is 2.36. The zero-order valence-corrected chi connectivity index (χ0v) is 25.5. The van der Waals surface area contributed by atoms with Gasteiger partial charge in [-0.3, -0.25) is 4.98 Å². The first-order valence-corrected chi connectivity index (χ1v) is 15.2. The molecule has 0 aliphatic carbocycles. The van der Waals surface area contributed by atoms with Crippen LogP contribution in [0.1, 0.15) is 16.7 Å². The van der Waals surface area contributed by atoms with Gasteiger partial charge in [-0.15, -0.1) is 0 Å². The van der Waals surface area contributed by atoms with Crippen LogP contribution in [-0.4, -0.2) is 33.0 Å². The number of isothiocyanates is 1. The van der Waals surface area contributed by atoms with E-state index in [4.69, 9.17) is 37.2 Å². The monoisotopic (exact) mass is 608 g/mol. The maximum absolute atomic E-state index is 5.09. The van der Waals surface area contributed by atoms with E-state index in [0.717, 1.165) is 90.4 Å². The summed E-state index contributed by atoms with van der Waals surface area (Å²) in [6.45, 7) is 2.08. The summed E-state index contributed by atoms with van der Waals surface area (Å²) < 4.78 is 0. The fraction of sp³-hybridized carbons (Fsp3) is 0.0256. The van der Waals surface area contributed by atoms with E-state index >= 15 is 0 Å². The minimum Gasteiger partial charge on any atom is -0.256 e. The first-order valence-electron chi connectivity index (χ1n) is 14.8. The van der Waals surface area contributed by atoms with Crippen molar-refractivity contribution in [3.63, 3.8) is 0 Å². The van der Waals surface area contributed by atoms with Gasteiger partial charge in [0.15, 0.2) is 0 Å². The summed E-state index contributed by atoms with van der Waals surface area (Å²) in [6.07, 6.45) is 22.1. The minimum atomic E-state index is 0.742. The van der Waals surface area contributed by atoms with E-state index in [0.29, 0.717) is 0 Å². The molecule has 0 atom stereocenters. The van der Waals surface area contributed by atoms with Gasteiger partial charge < -0.3 is 0 Å². The summed E-state index contributed by atoms with van der Waals surface area (Å²) in [5.41, 5.74) is 14.2. The second-order valence-electron chi connectivity index (χ2n) is 11.1. The van der Waals surface area contributed by atoms with Crippen LogP contribution < -0.4 is 0 Å². The molecule has 0 amide bonds. The Labute approximate surface area is 271 Å². The minimum absolute atomic E-state index is 0.742. The molecular weight excluding hydrogens is 585 g/mol. The standard InChI is InChI=1S/C39H24N6S/c1-24-18-19-40-37(20-24)31-4-2-3-5-32(31)39-35-16-12-29(44-35)21-27-10-14-33(42-27)38(25-6-8-26(9-7-25)41-23-46)34-15-11-28(43-34)22-30-13-17-36(39)45-30/h2-22H,1H3. The van der Waals surface area contributed by atoms with Gasteiger partial charge in [0.1, 0.15) is 0 Å². The Bertz CT molecular complexity index is 2290. The number of allylic oxidation sites excluding steroid dienone is 12. The molecule has 0 fully saturated rings. The van der Waals surface area contributed by atoms with E-state index in [2.05, 4.69) is 35.3 Å². The Hall–Kier alpha value is -6.01. The molecule has 6 heterocycles. The van der Waals surface area contributed by atoms with E-state index in [1.807, 2.05) is 109 Å². The van der Waals surface area contributed by atoms with Gasteiger partial charge in [-0.2, -0.15) is 4.99 Å². The molecule has 2 aromatic carbocycles. The van der Waals surface area contributed by atoms with Crippen molar-refractivity contribution in [1.82, 2.24) is 4.98 Å². The zero-order valence-electron chi connectivity index (χ0n) is 24.7. The number of nitrogens with zero attached hydrogens (tertiary/aromatic N) is 6. The van der Waals surface area contributed by atoms with E-state index in [1.165, 1.54) is 0 Å². The molecule has 1 aromatic heterocycles. The molecule has 0 saturated carbocycles. The highest BCUT2D eigenvalue weighted by atomic mass is 32.1. The van der Waals surface area contributed by atoms with E-state index in [9.17, 15) is 0 Å². The lowest BCUT2D eigenvalue weighted by atomic mass is 9.92. The van der Waals surface area contributed by atoms with Gasteiger partial charge in [0, 0.05) is 22.9 Å². The van der Waals surface area contributed by atoms with Gasteiger partial charge in [0.05, 0.1) is 62.2 Å². The first kappa shape index (κ1) is 27.5. The van der Waals surface area contributed by atoms with Crippen molar-refractivity contribution >= 4 is 57.1 Å². The zero-order chi connectivity index (χ0) is 31.0. The van der Waals surface area contributed by atoms with E-state index in [1.54, 1.807) is 0 Å². The lowest BCUT2D eigenvalue weighted by molar-refractivity contribution is 1.28. The van der Waals surface area contributed by atoms with Crippen LogP contribution in [0.3, 0.4) is 0 Å². The molecule has 46 heavy (non-hydrogen) atoms. The molecule has 8 bridgehead atoms. The number of aromatic nitrogens is 1. The van der Waals surface area contributed by atoms with Crippen LogP contribution in [0, 0.1) is 6.92 Å². The van der Waals surface area contributed by atoms with Crippen molar-refractivity contribution in [3.8, 4) is 11.3 Å². The fourth-order valence-electron chi connectivity index (χ4n) is 5.89. The second kappa shape index (κ2) is 11.5. The van der Waals surface area contributed by atoms with Gasteiger partial charge in [-0.05, 0) is 121 Å². The number of fused-ring (bicyclic) bond motifs is 4. The third kappa shape index (κ3) is 5.20. The van der Waals surface area contributed by atoms with Gasteiger partial charge in [0.2, 0.25) is 0 Å². The maximum Gasteiger partial charge on any atom is 0.0739 e. The summed E-state index contributed by atoms with van der Waals surface area (Å²) in [5.74, 6) is 0. The molecule has 7 heteroatoms. The first-order chi connectivity index (χ1) is 22.6. The van der Waals surface area contributed by atoms with Crippen molar-refractivity contribution in [2.24, 2.45) is 25.0 Å². The van der Waals surface area contributed by atoms with Crippen LogP contribution in [0.25, 0.3) is 22.4 Å². The van der Waals surface area contributed by atoms with Crippen LogP contribution in [0.2, 0.25) is 0 Å². The molecule has 0 unspecified atom stereocenters. The number of rotatable bonds is 4. The number of thiocarbonyl (C=S) groups is 1. The van der Waals surface area contributed by atoms with E-state index in [-0.39, 0.29) is 0 Å². The topological polar surface area (TPSA) is 74.7 Å². The average Bonchev–Trinajstić information content (AvgIpc) is 3.89. The van der Waals surface area contributed by atoms with Crippen LogP contribution >= 0.6 is 12.2 Å². The number of aryl methyl sites for hydroxylation is 1. The molecule has 5 aliphatic rings. The Kier molecular flexibility index (Phi) is 6.88. The summed E-state index contributed by atoms with van der Waals surface area (Å²) in [4.78, 5) is 29.0. The summed E-state index contributed by atoms with van der Waals surface area (Å²) in [6, 6.07) is 20.3. The molecule has 216 valence electrons. The van der Waals surface area contributed by atoms with Crippen LogP contribution in [-0.2, 0) is 0 Å². The highest BCUT2D eigenvalue weighted by molar-refractivity contribution is 7.78. The molecule has 0 radical (unpaired) electrons. The smallest absolute Gasteiger partial charge is 0.0739 e. The number of hydrogen-bond acceptors (Lipinski definition) is 7. The van der Waals surface area contributed by atoms with Crippen molar-refractivity contribution < 1.29 is 0 Å². The summed E-state index contributed by atoms with van der Waals surface area (Å²) in [7, 11) is 0. The van der Waals surface area contributed by atoms with Crippen LogP contribution in [0.4, 0.5) is 5.69 Å². The third-order valence-corrected chi connectivity index (χ3v) is 8.07. The lowest BCUT2D eigenvalue weighted by Gasteiger charge is -2.14. The van der Waals surface area contributed by atoms with Crippen LogP contribution in [0.15, 0.2) is 175 Å². The van der Waals surface area contributed by atoms with E-state index < -0.39 is 0 Å². The molecule has 0 saturated heterocycles. The number of aliphatic imine (C=N–C) groups is 5. The third-order valence-electron chi connectivity index (χ3n) is 7.98. The Balaban J connectivity index is 1.31. The molecule has 8 rings (SSSR count). The van der Waals surface area contributed by atoms with Crippen LogP contribution in [0.5, 0.6) is 0 Å². The fourth-order valence-corrected chi connectivity index (χ4v) is 6.00. The normalized spacial score (nSPS) is 17.5. The van der Waals surface area contributed by atoms with Crippen molar-refractivity contribution in [3.05, 3.63) is 167 Å². The summed E-state index contributed by atoms with van der Waals surface area (Å²) >= 11 is 4.78. The van der Waals surface area contributed by atoms with Gasteiger partial charge in [-0.25, -0.2) is 20.0 Å². The predicted molar refractivity (Wildman–Crippen MR) is 192 cm³/mol. The quantitative estimate of drug-likeness (QED) is 0.219. The average molecular weight is 609 g/mol. The van der Waals surface area contributed by atoms with Gasteiger partial charge >= 0.3 is 0 Å². The molecule has 6 nitrogen and oxygen atoms in total. The largest absolute Gasteiger partial charge is 0.256 e. The van der Waals surface area contributed by atoms with Crippen molar-refractivity contribution in [2.75, 3.05) is 0 Å². The number of hydrogen-bond donors (Lipinski definition) is 0. The number of benzene rings is 2. The Morgan fingerprint density at radius 3 is 1.91 bits per heavy atom. The molecule has 5 aliphatic heterocycles. The number of pyridine rings is 1.